The Labute approximate surface area is 201 Å². The summed E-state index contributed by atoms with van der Waals surface area (Å²) in [6.07, 6.45) is 13.6. The van der Waals surface area contributed by atoms with Crippen LogP contribution in [0.5, 0.6) is 0 Å². The molecule has 2 spiro atoms. The van der Waals surface area contributed by atoms with Crippen molar-refractivity contribution < 1.29 is 19.3 Å². The molecule has 3 aliphatic carbocycles. The van der Waals surface area contributed by atoms with Crippen LogP contribution in [0.25, 0.3) is 6.08 Å². The zero-order valence-corrected chi connectivity index (χ0v) is 20.2. The highest BCUT2D eigenvalue weighted by molar-refractivity contribution is 5.55. The highest BCUT2D eigenvalue weighted by atomic mass is 19.1. The van der Waals surface area contributed by atoms with Crippen molar-refractivity contribution in [3.05, 3.63) is 59.5 Å². The summed E-state index contributed by atoms with van der Waals surface area (Å²) in [5.41, 5.74) is -0.524. The van der Waals surface area contributed by atoms with Gasteiger partial charge in [0.15, 0.2) is 5.67 Å². The number of aromatic nitrogens is 1. The molecule has 6 rings (SSSR count). The molecular weight excluding hydrogens is 431 g/mol. The molecule has 182 valence electrons. The summed E-state index contributed by atoms with van der Waals surface area (Å²) < 4.78 is 23.9. The number of allylic oxidation sites excluding steroid dienone is 3. The molecule has 0 amide bonds. The molecule has 2 aliphatic heterocycles. The number of nitrogens with zero attached hydrogens (tertiary/aromatic N) is 2. The molecule has 8 atom stereocenters. The van der Waals surface area contributed by atoms with Crippen molar-refractivity contribution in [1.82, 2.24) is 9.88 Å². The standard InChI is InChI=1S/C28H35FN2O3/c1-25-10-12-27(29)15-20-23(32)24(33)21(31(2)3)16-26(20)11-13-28(27,34-26)22(25)9-8-19(25)7-6-18-5-4-14-30-17-18/h4-8,14-15,17,21-24,32-33H,9-13,16H2,1-3H3. The largest absolute Gasteiger partial charge is 0.388 e. The fourth-order valence-electron chi connectivity index (χ4n) is 7.93. The van der Waals surface area contributed by atoms with E-state index in [-0.39, 0.29) is 17.4 Å². The number of likely N-dealkylation sites (N-methyl/N-ethyl adjacent to an activating group) is 1. The van der Waals surface area contributed by atoms with Gasteiger partial charge >= 0.3 is 0 Å². The fraction of sp³-hybridized carbons (Fsp3) is 0.607. The highest BCUT2D eigenvalue weighted by Crippen LogP contribution is 2.70. The first kappa shape index (κ1) is 22.6. The molecule has 3 fully saturated rings. The molecule has 0 radical (unpaired) electrons. The van der Waals surface area contributed by atoms with E-state index < -0.39 is 29.1 Å². The van der Waals surface area contributed by atoms with Gasteiger partial charge in [0.2, 0.25) is 0 Å². The van der Waals surface area contributed by atoms with E-state index in [1.165, 1.54) is 5.57 Å². The second-order valence-corrected chi connectivity index (χ2v) is 11.6. The van der Waals surface area contributed by atoms with Gasteiger partial charge in [0, 0.05) is 24.4 Å². The summed E-state index contributed by atoms with van der Waals surface area (Å²) in [7, 11) is 3.83. The van der Waals surface area contributed by atoms with Crippen LogP contribution < -0.4 is 0 Å². The van der Waals surface area contributed by atoms with Crippen LogP contribution in [0.15, 0.2) is 53.9 Å². The third-order valence-corrected chi connectivity index (χ3v) is 9.84. The van der Waals surface area contributed by atoms with Crippen LogP contribution in [0.3, 0.4) is 0 Å². The number of aliphatic hydroxyl groups is 2. The van der Waals surface area contributed by atoms with E-state index in [4.69, 9.17) is 4.74 Å². The van der Waals surface area contributed by atoms with E-state index in [1.54, 1.807) is 12.3 Å². The lowest BCUT2D eigenvalue weighted by Gasteiger charge is -2.60. The van der Waals surface area contributed by atoms with Gasteiger partial charge < -0.3 is 19.8 Å². The van der Waals surface area contributed by atoms with Gasteiger partial charge in [0.05, 0.1) is 11.7 Å². The van der Waals surface area contributed by atoms with E-state index in [2.05, 4.69) is 30.1 Å². The number of aliphatic hydroxyl groups excluding tert-OH is 2. The zero-order valence-electron chi connectivity index (χ0n) is 20.2. The van der Waals surface area contributed by atoms with Gasteiger partial charge in [-0.15, -0.1) is 0 Å². The first-order chi connectivity index (χ1) is 16.1. The van der Waals surface area contributed by atoms with Gasteiger partial charge in [-0.05, 0) is 86.9 Å². The number of hydrogen-bond donors (Lipinski definition) is 2. The molecule has 34 heavy (non-hydrogen) atoms. The van der Waals surface area contributed by atoms with Crippen molar-refractivity contribution in [3.63, 3.8) is 0 Å². The van der Waals surface area contributed by atoms with Crippen molar-refractivity contribution in [3.8, 4) is 0 Å². The van der Waals surface area contributed by atoms with Gasteiger partial charge in [0.25, 0.3) is 0 Å². The van der Waals surface area contributed by atoms with Crippen LogP contribution in [-0.2, 0) is 4.74 Å². The van der Waals surface area contributed by atoms with Crippen LogP contribution in [0.2, 0.25) is 0 Å². The molecule has 1 aromatic rings. The van der Waals surface area contributed by atoms with E-state index in [0.29, 0.717) is 31.3 Å². The Morgan fingerprint density at radius 2 is 2.00 bits per heavy atom. The van der Waals surface area contributed by atoms with Crippen LogP contribution >= 0.6 is 0 Å². The number of pyridine rings is 1. The molecule has 3 heterocycles. The summed E-state index contributed by atoms with van der Waals surface area (Å²) >= 11 is 0. The Balaban J connectivity index is 1.37. The fourth-order valence-corrected chi connectivity index (χ4v) is 7.93. The number of rotatable bonds is 3. The molecule has 5 nitrogen and oxygen atoms in total. The van der Waals surface area contributed by atoms with E-state index >= 15 is 4.39 Å². The molecule has 2 N–H and O–H groups in total. The maximum Gasteiger partial charge on any atom is 0.158 e. The topological polar surface area (TPSA) is 65.8 Å². The lowest BCUT2D eigenvalue weighted by atomic mass is 9.53. The highest BCUT2D eigenvalue weighted by Gasteiger charge is 2.74. The van der Waals surface area contributed by atoms with Gasteiger partial charge in [-0.1, -0.05) is 31.2 Å². The minimum atomic E-state index is -1.63. The summed E-state index contributed by atoms with van der Waals surface area (Å²) in [5, 5.41) is 21.8. The Morgan fingerprint density at radius 1 is 1.18 bits per heavy atom. The third-order valence-electron chi connectivity index (χ3n) is 9.84. The Hall–Kier alpha value is -1.86. The van der Waals surface area contributed by atoms with Crippen LogP contribution in [-0.4, -0.2) is 69.3 Å². The Kier molecular flexibility index (Phi) is 4.87. The summed E-state index contributed by atoms with van der Waals surface area (Å²) in [6, 6.07) is 3.73. The number of fused-ring (bicyclic) bond motifs is 1. The minimum Gasteiger partial charge on any atom is -0.388 e. The summed E-state index contributed by atoms with van der Waals surface area (Å²) in [4.78, 5) is 6.15. The van der Waals surface area contributed by atoms with E-state index in [1.807, 2.05) is 37.3 Å². The lowest BCUT2D eigenvalue weighted by Crippen LogP contribution is -2.68. The molecule has 2 saturated carbocycles. The molecule has 1 aromatic heterocycles. The molecule has 6 heteroatoms. The van der Waals surface area contributed by atoms with Gasteiger partial charge in [0.1, 0.15) is 11.7 Å². The number of ether oxygens (including phenoxy) is 1. The van der Waals surface area contributed by atoms with E-state index in [0.717, 1.165) is 18.4 Å². The SMILES string of the molecule is CN(C)C1CC23CCC4(O2)C2CC=C(C=Cc5cccnc5)C2(C)CCC4(F)C=C3C(O)C1O. The van der Waals surface area contributed by atoms with Crippen molar-refractivity contribution in [2.24, 2.45) is 11.3 Å². The maximum absolute atomic E-state index is 17.0. The first-order valence-corrected chi connectivity index (χ1v) is 12.6. The van der Waals surface area contributed by atoms with Gasteiger partial charge in [-0.3, -0.25) is 4.98 Å². The number of alkyl halides is 1. The van der Waals surface area contributed by atoms with Crippen molar-refractivity contribution in [1.29, 1.82) is 0 Å². The molecule has 5 aliphatic rings. The normalized spacial score (nSPS) is 47.3. The Morgan fingerprint density at radius 3 is 2.74 bits per heavy atom. The number of halogens is 1. The molecule has 8 unspecified atom stereocenters. The van der Waals surface area contributed by atoms with E-state index in [9.17, 15) is 10.2 Å². The van der Waals surface area contributed by atoms with Crippen molar-refractivity contribution in [2.45, 2.75) is 80.6 Å². The van der Waals surface area contributed by atoms with Crippen LogP contribution in [0.1, 0.15) is 51.0 Å². The monoisotopic (exact) mass is 466 g/mol. The average Bonchev–Trinajstić information content (AvgIpc) is 3.34. The second kappa shape index (κ2) is 7.33. The number of hydrogen-bond acceptors (Lipinski definition) is 5. The molecule has 1 saturated heterocycles. The van der Waals surface area contributed by atoms with Crippen molar-refractivity contribution >= 4 is 6.08 Å². The Bertz CT molecular complexity index is 1090. The molecule has 0 aromatic carbocycles. The summed E-state index contributed by atoms with van der Waals surface area (Å²) in [6.45, 7) is 2.27. The van der Waals surface area contributed by atoms with Gasteiger partial charge in [-0.2, -0.15) is 0 Å². The minimum absolute atomic E-state index is 0.0336. The first-order valence-electron chi connectivity index (χ1n) is 12.6. The third kappa shape index (κ3) is 2.83. The quantitative estimate of drug-likeness (QED) is 0.663. The lowest BCUT2D eigenvalue weighted by molar-refractivity contribution is -0.241. The maximum atomic E-state index is 17.0. The smallest absolute Gasteiger partial charge is 0.158 e. The summed E-state index contributed by atoms with van der Waals surface area (Å²) in [5.74, 6) is 0.0336. The zero-order chi connectivity index (χ0) is 23.9. The predicted octanol–water partition coefficient (Wildman–Crippen LogP) is 3.83. The average molecular weight is 467 g/mol. The van der Waals surface area contributed by atoms with Crippen molar-refractivity contribution in [2.75, 3.05) is 14.1 Å². The molecular formula is C28H35FN2O3. The second-order valence-electron chi connectivity index (χ2n) is 11.6. The van der Waals surface area contributed by atoms with Gasteiger partial charge in [-0.25, -0.2) is 4.39 Å². The van der Waals surface area contributed by atoms with Crippen LogP contribution in [0, 0.1) is 11.3 Å². The predicted molar refractivity (Wildman–Crippen MR) is 129 cm³/mol. The van der Waals surface area contributed by atoms with Crippen LogP contribution in [0.4, 0.5) is 4.39 Å². The molecule has 2 bridgehead atoms.